The molecular weight excluding hydrogens is 528 g/mol. The fraction of sp³-hybridized carbons (Fsp3) is 0.471. The molecule has 8 heteroatoms. The van der Waals surface area contributed by atoms with Crippen LogP contribution in [0.4, 0.5) is 0 Å². The number of aromatic nitrogens is 4. The van der Waals surface area contributed by atoms with Crippen LogP contribution in [0.2, 0.25) is 0 Å². The zero-order valence-electron chi connectivity index (χ0n) is 25.2. The number of ether oxygens (including phenoxy) is 4. The van der Waals surface area contributed by atoms with E-state index in [1.807, 2.05) is 0 Å². The molecule has 0 fully saturated rings. The molecule has 9 rings (SSSR count). The second-order valence-electron chi connectivity index (χ2n) is 14.7. The second kappa shape index (κ2) is 7.91. The van der Waals surface area contributed by atoms with Gasteiger partial charge in [-0.05, 0) is 34.1 Å². The highest BCUT2D eigenvalue weighted by atomic mass is 16.6. The average Bonchev–Trinajstić information content (AvgIpc) is 3.74. The third kappa shape index (κ3) is 3.29. The topological polar surface area (TPSA) is 54.5 Å². The van der Waals surface area contributed by atoms with E-state index in [4.69, 9.17) is 18.9 Å². The van der Waals surface area contributed by atoms with Gasteiger partial charge in [-0.2, -0.15) is 18.3 Å². The zero-order chi connectivity index (χ0) is 28.7. The van der Waals surface area contributed by atoms with Gasteiger partial charge < -0.3 is 18.9 Å². The number of imidazole rings is 2. The first kappa shape index (κ1) is 24.6. The molecule has 216 valence electrons. The Bertz CT molecular complexity index is 1570. The summed E-state index contributed by atoms with van der Waals surface area (Å²) in [7, 11) is 0. The summed E-state index contributed by atoms with van der Waals surface area (Å²) >= 11 is 0. The molecule has 4 atom stereocenters. The Kier molecular flexibility index (Phi) is 4.64. The summed E-state index contributed by atoms with van der Waals surface area (Å²) in [5.74, 6) is 3.30. The Hall–Kier alpha value is -3.94. The van der Waals surface area contributed by atoms with E-state index in [9.17, 15) is 0 Å². The van der Waals surface area contributed by atoms with Gasteiger partial charge in [0.05, 0.1) is 0 Å². The van der Waals surface area contributed by atoms with Gasteiger partial charge in [0.2, 0.25) is 0 Å². The van der Waals surface area contributed by atoms with Gasteiger partial charge in [-0.3, -0.25) is 0 Å². The fourth-order valence-electron chi connectivity index (χ4n) is 7.32. The minimum atomic E-state index is -0.00747. The fourth-order valence-corrected chi connectivity index (χ4v) is 7.32. The number of benzene rings is 2. The summed E-state index contributed by atoms with van der Waals surface area (Å²) in [6.45, 7) is 16.0. The summed E-state index contributed by atoms with van der Waals surface area (Å²) in [4.78, 5) is 0. The van der Waals surface area contributed by atoms with E-state index in [2.05, 4.69) is 109 Å². The Morgan fingerprint density at radius 2 is 0.952 bits per heavy atom. The van der Waals surface area contributed by atoms with Crippen LogP contribution in [0.5, 0.6) is 23.5 Å². The van der Waals surface area contributed by atoms with Gasteiger partial charge in [0.1, 0.15) is 26.4 Å². The maximum Gasteiger partial charge on any atom is 0.373 e. The van der Waals surface area contributed by atoms with Crippen molar-refractivity contribution in [3.63, 3.8) is 0 Å². The largest absolute Gasteiger partial charge is 0.452 e. The van der Waals surface area contributed by atoms with E-state index in [1.54, 1.807) is 0 Å². The molecule has 0 saturated carbocycles. The van der Waals surface area contributed by atoms with E-state index < -0.39 is 0 Å². The summed E-state index contributed by atoms with van der Waals surface area (Å²) in [5.41, 5.74) is 7.61. The van der Waals surface area contributed by atoms with Crippen molar-refractivity contribution in [2.45, 2.75) is 76.5 Å². The maximum atomic E-state index is 6.39. The van der Waals surface area contributed by atoms with Gasteiger partial charge in [-0.15, -0.1) is 0 Å². The van der Waals surface area contributed by atoms with Crippen LogP contribution in [-0.4, -0.2) is 35.6 Å². The van der Waals surface area contributed by atoms with Crippen molar-refractivity contribution in [1.29, 1.82) is 0 Å². The molecule has 4 unspecified atom stereocenters. The van der Waals surface area contributed by atoms with Crippen molar-refractivity contribution in [1.82, 2.24) is 9.13 Å². The van der Waals surface area contributed by atoms with Crippen LogP contribution in [0, 0.1) is 0 Å². The Morgan fingerprint density at radius 1 is 0.548 bits per heavy atom. The van der Waals surface area contributed by atoms with Gasteiger partial charge >= 0.3 is 23.5 Å². The summed E-state index contributed by atoms with van der Waals surface area (Å²) in [5, 5.41) is 0. The number of rotatable bonds is 0. The van der Waals surface area contributed by atoms with Crippen LogP contribution in [0.15, 0.2) is 49.1 Å². The van der Waals surface area contributed by atoms with Crippen LogP contribution in [0.25, 0.3) is 0 Å². The third-order valence-corrected chi connectivity index (χ3v) is 9.88. The van der Waals surface area contributed by atoms with E-state index in [-0.39, 0.29) is 35.0 Å². The molecule has 0 N–H and O–H groups in total. The molecule has 5 aliphatic heterocycles. The highest BCUT2D eigenvalue weighted by Crippen LogP contribution is 2.45. The third-order valence-electron chi connectivity index (χ3n) is 9.88. The lowest BCUT2D eigenvalue weighted by molar-refractivity contribution is -0.697. The van der Waals surface area contributed by atoms with Crippen LogP contribution < -0.4 is 28.1 Å². The van der Waals surface area contributed by atoms with E-state index in [0.29, 0.717) is 26.4 Å². The number of hydrogen-bond acceptors (Lipinski definition) is 4. The molecule has 0 spiro atoms. The summed E-state index contributed by atoms with van der Waals surface area (Å²) in [6, 6.07) is 14.4. The number of nitrogens with zero attached hydrogens (tertiary/aromatic N) is 4. The van der Waals surface area contributed by atoms with Gasteiger partial charge in [0, 0.05) is 22.3 Å². The monoisotopic (exact) mass is 566 g/mol. The molecule has 4 aromatic rings. The van der Waals surface area contributed by atoms with Crippen LogP contribution in [0.3, 0.4) is 0 Å². The number of hydrogen-bond donors (Lipinski definition) is 0. The van der Waals surface area contributed by atoms with Gasteiger partial charge in [-0.25, -0.2) is 0 Å². The maximum absolute atomic E-state index is 6.39. The highest BCUT2D eigenvalue weighted by molar-refractivity contribution is 5.43. The minimum absolute atomic E-state index is 0.00747. The molecule has 0 saturated heterocycles. The lowest BCUT2D eigenvalue weighted by Gasteiger charge is -2.23. The molecule has 0 radical (unpaired) electrons. The first-order valence-electron chi connectivity index (χ1n) is 15.2. The SMILES string of the molecule is CC(C)(C)c1cc2cc(c1)C1COc3c4[n+](cn31)C(CO4)c1cc(cc(C(C)(C)C)c1)C1COc3c4n(c[n+]31)C2CO4. The van der Waals surface area contributed by atoms with Crippen molar-refractivity contribution in [3.8, 4) is 23.5 Å². The Morgan fingerprint density at radius 3 is 1.38 bits per heavy atom. The lowest BCUT2D eigenvalue weighted by Crippen LogP contribution is -2.38. The van der Waals surface area contributed by atoms with E-state index in [1.165, 1.54) is 33.4 Å². The second-order valence-corrected chi connectivity index (χ2v) is 14.7. The van der Waals surface area contributed by atoms with E-state index in [0.717, 1.165) is 23.5 Å². The quantitative estimate of drug-likeness (QED) is 0.290. The van der Waals surface area contributed by atoms with Gasteiger partial charge in [0.15, 0.2) is 24.2 Å². The molecule has 0 aliphatic carbocycles. The average molecular weight is 567 g/mol. The van der Waals surface area contributed by atoms with Gasteiger partial charge in [0.25, 0.3) is 12.7 Å². The van der Waals surface area contributed by atoms with E-state index >= 15 is 0 Å². The molecule has 0 amide bonds. The standard InChI is InChI=1S/C34H38N4O4/c1-33(2,3)23-9-19-7-20(10-23)26-14-40-30-32-38(18-36(26)30)28(16-42-32)22-8-21(11-24(12-22)34(4,5)6)27-15-41-31-29-35(17-37(27)31)25(19)13-39-29/h7-12,17-18,25-28H,13-16H2,1-6H3/q+2. The normalized spacial score (nSPS) is 24.3. The highest BCUT2D eigenvalue weighted by Gasteiger charge is 2.48. The molecule has 42 heavy (non-hydrogen) atoms. The molecule has 8 bridgehead atoms. The van der Waals surface area contributed by atoms with Gasteiger partial charge in [-0.1, -0.05) is 65.8 Å². The molecule has 7 heterocycles. The number of fused-ring (bicyclic) bond motifs is 10. The predicted molar refractivity (Wildman–Crippen MR) is 154 cm³/mol. The minimum Gasteiger partial charge on any atom is -0.452 e. The molecule has 2 aromatic carbocycles. The molecule has 5 aliphatic rings. The Labute approximate surface area is 246 Å². The Balaban J connectivity index is 1.31. The van der Waals surface area contributed by atoms with Crippen molar-refractivity contribution < 1.29 is 28.1 Å². The van der Waals surface area contributed by atoms with Crippen molar-refractivity contribution in [3.05, 3.63) is 82.4 Å². The first-order chi connectivity index (χ1) is 20.0. The summed E-state index contributed by atoms with van der Waals surface area (Å²) in [6.07, 6.45) is 4.44. The zero-order valence-corrected chi connectivity index (χ0v) is 25.2. The predicted octanol–water partition coefficient (Wildman–Crippen LogP) is 4.70. The first-order valence-corrected chi connectivity index (χ1v) is 15.2. The van der Waals surface area contributed by atoms with Crippen molar-refractivity contribution >= 4 is 0 Å². The lowest BCUT2D eigenvalue weighted by atomic mass is 9.83. The summed E-state index contributed by atoms with van der Waals surface area (Å²) < 4.78 is 34.7. The smallest absolute Gasteiger partial charge is 0.373 e. The molecule has 2 aromatic heterocycles. The molecule has 8 nitrogen and oxygen atoms in total. The van der Waals surface area contributed by atoms with Crippen LogP contribution >= 0.6 is 0 Å². The van der Waals surface area contributed by atoms with Crippen LogP contribution in [-0.2, 0) is 10.8 Å². The molecular formula is C34H38N4O4+2. The van der Waals surface area contributed by atoms with Crippen LogP contribution in [0.1, 0.15) is 99.1 Å². The van der Waals surface area contributed by atoms with Crippen molar-refractivity contribution in [2.75, 3.05) is 26.4 Å². The van der Waals surface area contributed by atoms with Crippen molar-refractivity contribution in [2.24, 2.45) is 0 Å².